The van der Waals surface area contributed by atoms with E-state index in [1.165, 1.54) is 38.4 Å². The first kappa shape index (κ1) is 19.0. The molecule has 0 saturated carbocycles. The third kappa shape index (κ3) is 3.43. The zero-order chi connectivity index (χ0) is 20.6. The third-order valence-electron chi connectivity index (χ3n) is 4.62. The second kappa shape index (κ2) is 7.23. The average molecular weight is 410 g/mol. The lowest BCUT2D eigenvalue weighted by Gasteiger charge is -2.11. The Hall–Kier alpha value is -3.36. The van der Waals surface area contributed by atoms with Gasteiger partial charge in [0, 0.05) is 22.4 Å². The number of methoxy groups -OCH3 is 1. The Morgan fingerprint density at radius 1 is 0.966 bits per heavy atom. The number of benzene rings is 3. The van der Waals surface area contributed by atoms with E-state index in [4.69, 9.17) is 9.15 Å². The van der Waals surface area contributed by atoms with Gasteiger partial charge in [-0.05, 0) is 37.4 Å². The molecule has 0 saturated heterocycles. The van der Waals surface area contributed by atoms with E-state index < -0.39 is 15.9 Å². The molecule has 29 heavy (non-hydrogen) atoms. The predicted molar refractivity (Wildman–Crippen MR) is 111 cm³/mol. The van der Waals surface area contributed by atoms with Crippen molar-refractivity contribution in [2.45, 2.75) is 4.90 Å². The number of hydrogen-bond acceptors (Lipinski definition) is 5. The van der Waals surface area contributed by atoms with Crippen molar-refractivity contribution in [3.05, 3.63) is 66.2 Å². The number of furan rings is 1. The molecule has 1 heterocycles. The van der Waals surface area contributed by atoms with Crippen molar-refractivity contribution in [1.29, 1.82) is 0 Å². The Morgan fingerprint density at radius 2 is 1.76 bits per heavy atom. The number of nitrogens with one attached hydrogen (secondary N) is 2. The summed E-state index contributed by atoms with van der Waals surface area (Å²) < 4.78 is 37.5. The number of fused-ring (bicyclic) bond motifs is 3. The standard InChI is InChI=1S/C21H18N2O5S/c1-22-29(25,26)14-7-5-6-13(10-14)21(24)23-17-12-19-16(11-20(17)27-2)15-8-3-4-9-18(15)28-19/h3-12,22H,1-2H3,(H,23,24). The zero-order valence-electron chi connectivity index (χ0n) is 15.7. The third-order valence-corrected chi connectivity index (χ3v) is 6.03. The van der Waals surface area contributed by atoms with Crippen molar-refractivity contribution in [2.75, 3.05) is 19.5 Å². The van der Waals surface area contributed by atoms with Crippen LogP contribution in [0.15, 0.2) is 70.0 Å². The molecule has 7 nitrogen and oxygen atoms in total. The summed E-state index contributed by atoms with van der Waals surface area (Å²) in [7, 11) is -0.825. The number of para-hydroxylation sites is 1. The summed E-state index contributed by atoms with van der Waals surface area (Å²) in [4.78, 5) is 12.8. The van der Waals surface area contributed by atoms with Gasteiger partial charge in [0.05, 0.1) is 17.7 Å². The van der Waals surface area contributed by atoms with Crippen LogP contribution in [-0.4, -0.2) is 28.5 Å². The Labute approximate surface area is 167 Å². The number of carbonyl (C=O) groups is 1. The van der Waals surface area contributed by atoms with Gasteiger partial charge in [0.25, 0.3) is 5.91 Å². The molecule has 1 amide bonds. The largest absolute Gasteiger partial charge is 0.495 e. The molecule has 4 rings (SSSR count). The van der Waals surface area contributed by atoms with E-state index in [0.29, 0.717) is 17.0 Å². The molecule has 0 atom stereocenters. The van der Waals surface area contributed by atoms with Crippen molar-refractivity contribution in [1.82, 2.24) is 4.72 Å². The average Bonchev–Trinajstić information content (AvgIpc) is 3.10. The summed E-state index contributed by atoms with van der Waals surface area (Å²) in [6, 6.07) is 16.9. The lowest BCUT2D eigenvalue weighted by atomic mass is 10.1. The van der Waals surface area contributed by atoms with Gasteiger partial charge in [0.2, 0.25) is 10.0 Å². The van der Waals surface area contributed by atoms with E-state index >= 15 is 0 Å². The van der Waals surface area contributed by atoms with Crippen LogP contribution in [-0.2, 0) is 10.0 Å². The molecule has 0 fully saturated rings. The highest BCUT2D eigenvalue weighted by Crippen LogP contribution is 2.36. The molecule has 0 bridgehead atoms. The Bertz CT molecular complexity index is 1340. The molecule has 0 aliphatic rings. The molecule has 3 aromatic carbocycles. The second-order valence-corrected chi connectivity index (χ2v) is 8.22. The molecule has 0 aliphatic heterocycles. The molecule has 2 N–H and O–H groups in total. The first-order valence-electron chi connectivity index (χ1n) is 8.77. The zero-order valence-corrected chi connectivity index (χ0v) is 16.5. The van der Waals surface area contributed by atoms with Crippen molar-refractivity contribution in [3.8, 4) is 5.75 Å². The fourth-order valence-corrected chi connectivity index (χ4v) is 3.91. The van der Waals surface area contributed by atoms with E-state index in [9.17, 15) is 13.2 Å². The van der Waals surface area contributed by atoms with E-state index in [1.807, 2.05) is 24.3 Å². The van der Waals surface area contributed by atoms with Crippen LogP contribution in [0.5, 0.6) is 5.75 Å². The van der Waals surface area contributed by atoms with Gasteiger partial charge in [0.1, 0.15) is 16.9 Å². The summed E-state index contributed by atoms with van der Waals surface area (Å²) in [5.74, 6) is 0.00307. The quantitative estimate of drug-likeness (QED) is 0.522. The number of rotatable bonds is 5. The van der Waals surface area contributed by atoms with Crippen LogP contribution in [0, 0.1) is 0 Å². The molecule has 8 heteroatoms. The van der Waals surface area contributed by atoms with Crippen LogP contribution in [0.2, 0.25) is 0 Å². The number of carbonyl (C=O) groups excluding carboxylic acids is 1. The van der Waals surface area contributed by atoms with Gasteiger partial charge in [-0.3, -0.25) is 4.79 Å². The number of sulfonamides is 1. The van der Waals surface area contributed by atoms with Gasteiger partial charge in [-0.1, -0.05) is 24.3 Å². The summed E-state index contributed by atoms with van der Waals surface area (Å²) >= 11 is 0. The molecular formula is C21H18N2O5S. The first-order valence-corrected chi connectivity index (χ1v) is 10.3. The van der Waals surface area contributed by atoms with Crippen LogP contribution in [0.1, 0.15) is 10.4 Å². The molecule has 148 valence electrons. The topological polar surface area (TPSA) is 97.6 Å². The van der Waals surface area contributed by atoms with Gasteiger partial charge in [-0.25, -0.2) is 13.1 Å². The Balaban J connectivity index is 1.73. The fraction of sp³-hybridized carbons (Fsp3) is 0.0952. The maximum atomic E-state index is 12.7. The van der Waals surface area contributed by atoms with Crippen LogP contribution in [0.3, 0.4) is 0 Å². The summed E-state index contributed by atoms with van der Waals surface area (Å²) in [5.41, 5.74) is 1.96. The van der Waals surface area contributed by atoms with Gasteiger partial charge < -0.3 is 14.5 Å². The highest BCUT2D eigenvalue weighted by atomic mass is 32.2. The summed E-state index contributed by atoms with van der Waals surface area (Å²) in [6.07, 6.45) is 0. The fourth-order valence-electron chi connectivity index (χ4n) is 3.13. The van der Waals surface area contributed by atoms with Crippen molar-refractivity contribution in [2.24, 2.45) is 0 Å². The normalized spacial score (nSPS) is 11.7. The van der Waals surface area contributed by atoms with Crippen LogP contribution >= 0.6 is 0 Å². The Kier molecular flexibility index (Phi) is 4.73. The van der Waals surface area contributed by atoms with Gasteiger partial charge in [-0.2, -0.15) is 0 Å². The van der Waals surface area contributed by atoms with E-state index in [1.54, 1.807) is 12.1 Å². The molecule has 0 unspecified atom stereocenters. The summed E-state index contributed by atoms with van der Waals surface area (Å²) in [5, 5.41) is 4.59. The minimum Gasteiger partial charge on any atom is -0.495 e. The van der Waals surface area contributed by atoms with Crippen LogP contribution in [0.4, 0.5) is 5.69 Å². The van der Waals surface area contributed by atoms with Crippen molar-refractivity contribution >= 4 is 43.6 Å². The van der Waals surface area contributed by atoms with Crippen LogP contribution < -0.4 is 14.8 Å². The van der Waals surface area contributed by atoms with E-state index in [-0.39, 0.29) is 10.5 Å². The number of hydrogen-bond donors (Lipinski definition) is 2. The molecule has 0 radical (unpaired) electrons. The van der Waals surface area contributed by atoms with Crippen molar-refractivity contribution < 1.29 is 22.4 Å². The lowest BCUT2D eigenvalue weighted by Crippen LogP contribution is -2.19. The molecule has 0 spiro atoms. The number of amides is 1. The highest BCUT2D eigenvalue weighted by molar-refractivity contribution is 7.89. The SMILES string of the molecule is CNS(=O)(=O)c1cccc(C(=O)Nc2cc3oc4ccccc4c3cc2OC)c1. The lowest BCUT2D eigenvalue weighted by molar-refractivity contribution is 0.102. The summed E-state index contributed by atoms with van der Waals surface area (Å²) in [6.45, 7) is 0. The van der Waals surface area contributed by atoms with Crippen LogP contribution in [0.25, 0.3) is 21.9 Å². The second-order valence-electron chi connectivity index (χ2n) is 6.34. The number of ether oxygens (including phenoxy) is 1. The van der Waals surface area contributed by atoms with E-state index in [0.717, 1.165) is 16.4 Å². The monoisotopic (exact) mass is 410 g/mol. The Morgan fingerprint density at radius 3 is 2.52 bits per heavy atom. The molecule has 4 aromatic rings. The van der Waals surface area contributed by atoms with Gasteiger partial charge in [0.15, 0.2) is 0 Å². The maximum Gasteiger partial charge on any atom is 0.255 e. The minimum absolute atomic E-state index is 0.00681. The van der Waals surface area contributed by atoms with E-state index in [2.05, 4.69) is 10.0 Å². The molecular weight excluding hydrogens is 392 g/mol. The number of anilines is 1. The van der Waals surface area contributed by atoms with Crippen molar-refractivity contribution in [3.63, 3.8) is 0 Å². The predicted octanol–water partition coefficient (Wildman–Crippen LogP) is 3.76. The first-order chi connectivity index (χ1) is 13.9. The minimum atomic E-state index is -3.65. The molecule has 1 aromatic heterocycles. The smallest absolute Gasteiger partial charge is 0.255 e. The molecule has 0 aliphatic carbocycles. The van der Waals surface area contributed by atoms with Gasteiger partial charge >= 0.3 is 0 Å². The highest BCUT2D eigenvalue weighted by Gasteiger charge is 2.17. The van der Waals surface area contributed by atoms with Gasteiger partial charge in [-0.15, -0.1) is 0 Å². The maximum absolute atomic E-state index is 12.7.